The summed E-state index contributed by atoms with van der Waals surface area (Å²) in [7, 11) is 0. The third-order valence-corrected chi connectivity index (χ3v) is 12.1. The number of ether oxygens (including phenoxy) is 3. The van der Waals surface area contributed by atoms with Crippen molar-refractivity contribution >= 4 is 23.7 Å². The van der Waals surface area contributed by atoms with E-state index in [4.69, 9.17) is 14.2 Å². The van der Waals surface area contributed by atoms with Crippen LogP contribution in [0, 0.1) is 34.5 Å². The van der Waals surface area contributed by atoms with Gasteiger partial charge in [-0.15, -0.1) is 0 Å². The van der Waals surface area contributed by atoms with Gasteiger partial charge in [0.05, 0.1) is 11.2 Å². The normalized spacial score (nSPS) is 39.4. The van der Waals surface area contributed by atoms with Crippen molar-refractivity contribution in [1.29, 1.82) is 0 Å². The van der Waals surface area contributed by atoms with E-state index in [0.717, 1.165) is 0 Å². The van der Waals surface area contributed by atoms with Gasteiger partial charge in [0.1, 0.15) is 23.9 Å². The Balaban J connectivity index is 1.71. The molecule has 0 aromatic rings. The Morgan fingerprint density at radius 3 is 2.09 bits per heavy atom. The molecule has 248 valence electrons. The summed E-state index contributed by atoms with van der Waals surface area (Å²) >= 11 is 0. The number of carbonyl (C=O) groups excluding carboxylic acids is 4. The number of fused-ring (bicyclic) bond motifs is 5. The predicted octanol–water partition coefficient (Wildman–Crippen LogP) is 3.81. The Hall–Kier alpha value is -2.30. The molecule has 0 saturated heterocycles. The number of ketones is 1. The van der Waals surface area contributed by atoms with Crippen LogP contribution < -0.4 is 0 Å². The van der Waals surface area contributed by atoms with E-state index < -0.39 is 75.7 Å². The molecular formula is C34H52O10. The van der Waals surface area contributed by atoms with Crippen LogP contribution in [0.4, 0.5) is 0 Å². The van der Waals surface area contributed by atoms with Gasteiger partial charge in [-0.3, -0.25) is 19.2 Å². The first kappa shape index (κ1) is 34.6. The van der Waals surface area contributed by atoms with Crippen LogP contribution in [-0.2, 0) is 33.4 Å². The molecule has 0 radical (unpaired) electrons. The standard InChI is InChI=1S/C34H52O10/c1-18(30(5,6)39)14-29(44-21(4)37)33(9,40)28-11-13-34(41)23-15-25(38)24-16-26(42-19(2)35)27(43-20(3)36)17-31(24,7)22(23)10-12-32(28,34)8/h15,18,22,24,26-29,39-41H,10-14,16-17H2,1-9H3. The quantitative estimate of drug-likeness (QED) is 0.269. The molecule has 11 unspecified atom stereocenters. The maximum absolute atomic E-state index is 13.8. The number of allylic oxidation sites excluding steroid dienone is 1. The fraction of sp³-hybridized carbons (Fsp3) is 0.824. The van der Waals surface area contributed by atoms with Gasteiger partial charge in [0.2, 0.25) is 0 Å². The average molecular weight is 621 g/mol. The largest absolute Gasteiger partial charge is 0.459 e. The number of esters is 3. The Bertz CT molecular complexity index is 1210. The highest BCUT2D eigenvalue weighted by Crippen LogP contribution is 2.69. The Morgan fingerprint density at radius 1 is 0.955 bits per heavy atom. The van der Waals surface area contributed by atoms with Gasteiger partial charge in [-0.05, 0) is 101 Å². The topological polar surface area (TPSA) is 157 Å². The summed E-state index contributed by atoms with van der Waals surface area (Å²) in [5.41, 5.74) is -4.85. The minimum absolute atomic E-state index is 0.151. The molecule has 0 aliphatic heterocycles. The Morgan fingerprint density at radius 2 is 1.55 bits per heavy atom. The fourth-order valence-electron chi connectivity index (χ4n) is 9.38. The molecule has 44 heavy (non-hydrogen) atoms. The summed E-state index contributed by atoms with van der Waals surface area (Å²) in [6.07, 6.45) is 1.90. The highest BCUT2D eigenvalue weighted by atomic mass is 16.6. The number of hydrogen-bond acceptors (Lipinski definition) is 10. The molecule has 0 aromatic heterocycles. The molecule has 11 atom stereocenters. The van der Waals surface area contributed by atoms with Crippen molar-refractivity contribution in [2.45, 2.75) is 142 Å². The first-order valence-electron chi connectivity index (χ1n) is 16.0. The van der Waals surface area contributed by atoms with Crippen molar-refractivity contribution in [3.05, 3.63) is 11.6 Å². The second-order valence-electron chi connectivity index (χ2n) is 15.4. The van der Waals surface area contributed by atoms with E-state index in [1.807, 2.05) is 20.8 Å². The summed E-state index contributed by atoms with van der Waals surface area (Å²) in [4.78, 5) is 49.9. The molecule has 10 heteroatoms. The third-order valence-electron chi connectivity index (χ3n) is 12.1. The van der Waals surface area contributed by atoms with Crippen LogP contribution in [0.15, 0.2) is 11.6 Å². The van der Waals surface area contributed by atoms with Gasteiger partial charge in [-0.25, -0.2) is 0 Å². The highest BCUT2D eigenvalue weighted by Gasteiger charge is 2.69. The zero-order valence-corrected chi connectivity index (χ0v) is 27.8. The Labute approximate surface area is 260 Å². The lowest BCUT2D eigenvalue weighted by molar-refractivity contribution is -0.198. The lowest BCUT2D eigenvalue weighted by Crippen LogP contribution is -2.63. The molecular weight excluding hydrogens is 568 g/mol. The lowest BCUT2D eigenvalue weighted by atomic mass is 9.45. The van der Waals surface area contributed by atoms with E-state index in [2.05, 4.69) is 0 Å². The number of hydrogen-bond donors (Lipinski definition) is 3. The van der Waals surface area contributed by atoms with Crippen molar-refractivity contribution in [2.75, 3.05) is 0 Å². The van der Waals surface area contributed by atoms with Crippen LogP contribution in [0.2, 0.25) is 0 Å². The summed E-state index contributed by atoms with van der Waals surface area (Å²) in [5, 5.41) is 35.5. The molecule has 0 heterocycles. The zero-order chi connectivity index (χ0) is 33.2. The summed E-state index contributed by atoms with van der Waals surface area (Å²) in [5.74, 6) is -3.14. The molecule has 10 nitrogen and oxygen atoms in total. The summed E-state index contributed by atoms with van der Waals surface area (Å²) < 4.78 is 16.9. The molecule has 0 spiro atoms. The smallest absolute Gasteiger partial charge is 0.303 e. The van der Waals surface area contributed by atoms with Gasteiger partial charge in [0.25, 0.3) is 0 Å². The molecule has 3 fully saturated rings. The molecule has 4 aliphatic rings. The predicted molar refractivity (Wildman–Crippen MR) is 160 cm³/mol. The van der Waals surface area contributed by atoms with Gasteiger partial charge < -0.3 is 29.5 Å². The van der Waals surface area contributed by atoms with Crippen LogP contribution in [0.5, 0.6) is 0 Å². The number of aliphatic hydroxyl groups is 3. The molecule has 4 aliphatic carbocycles. The van der Waals surface area contributed by atoms with Crippen LogP contribution in [0.25, 0.3) is 0 Å². The second kappa shape index (κ2) is 11.5. The minimum atomic E-state index is -1.54. The van der Waals surface area contributed by atoms with Crippen LogP contribution in [0.1, 0.15) is 107 Å². The fourth-order valence-corrected chi connectivity index (χ4v) is 9.38. The van der Waals surface area contributed by atoms with Gasteiger partial charge in [0, 0.05) is 32.1 Å². The van der Waals surface area contributed by atoms with E-state index in [-0.39, 0.29) is 30.5 Å². The van der Waals surface area contributed by atoms with E-state index in [0.29, 0.717) is 37.7 Å². The molecule has 0 aromatic carbocycles. The van der Waals surface area contributed by atoms with Crippen molar-refractivity contribution in [3.63, 3.8) is 0 Å². The van der Waals surface area contributed by atoms with Crippen molar-refractivity contribution in [2.24, 2.45) is 34.5 Å². The average Bonchev–Trinajstić information content (AvgIpc) is 3.15. The van der Waals surface area contributed by atoms with Crippen molar-refractivity contribution in [1.82, 2.24) is 0 Å². The maximum atomic E-state index is 13.8. The van der Waals surface area contributed by atoms with Gasteiger partial charge in [-0.2, -0.15) is 0 Å². The van der Waals surface area contributed by atoms with Crippen LogP contribution in [0.3, 0.4) is 0 Å². The molecule has 3 N–H and O–H groups in total. The molecule has 0 bridgehead atoms. The van der Waals surface area contributed by atoms with Gasteiger partial charge in [-0.1, -0.05) is 20.8 Å². The van der Waals surface area contributed by atoms with Crippen LogP contribution in [-0.4, -0.2) is 74.1 Å². The van der Waals surface area contributed by atoms with E-state index in [1.165, 1.54) is 20.8 Å². The number of carbonyl (C=O) groups is 4. The van der Waals surface area contributed by atoms with Crippen LogP contribution >= 0.6 is 0 Å². The van der Waals surface area contributed by atoms with Gasteiger partial charge in [0.15, 0.2) is 5.78 Å². The third kappa shape index (κ3) is 5.75. The minimum Gasteiger partial charge on any atom is -0.459 e. The number of rotatable bonds is 8. The molecule has 0 amide bonds. The van der Waals surface area contributed by atoms with E-state index in [9.17, 15) is 34.5 Å². The highest BCUT2D eigenvalue weighted by molar-refractivity contribution is 5.95. The molecule has 4 rings (SSSR count). The summed E-state index contributed by atoms with van der Waals surface area (Å²) in [6.45, 7) is 14.7. The first-order chi connectivity index (χ1) is 20.1. The monoisotopic (exact) mass is 620 g/mol. The first-order valence-corrected chi connectivity index (χ1v) is 16.0. The maximum Gasteiger partial charge on any atom is 0.303 e. The van der Waals surface area contributed by atoms with Crippen molar-refractivity contribution < 1.29 is 48.7 Å². The second-order valence-corrected chi connectivity index (χ2v) is 15.4. The zero-order valence-electron chi connectivity index (χ0n) is 27.8. The Kier molecular flexibility index (Phi) is 9.03. The van der Waals surface area contributed by atoms with E-state index in [1.54, 1.807) is 26.8 Å². The SMILES string of the molecule is CC(=O)OC1CC2C(=O)C=C3C(CCC4(C)C(C(C)(O)C(CC(C)C(C)(C)O)OC(C)=O)CCC34O)C2(C)CC1OC(C)=O. The lowest BCUT2D eigenvalue weighted by Gasteiger charge is -2.61. The van der Waals surface area contributed by atoms with Gasteiger partial charge >= 0.3 is 17.9 Å². The van der Waals surface area contributed by atoms with E-state index >= 15 is 0 Å². The van der Waals surface area contributed by atoms with Crippen molar-refractivity contribution in [3.8, 4) is 0 Å². The summed E-state index contributed by atoms with van der Waals surface area (Å²) in [6, 6.07) is 0. The molecule has 3 saturated carbocycles.